The van der Waals surface area contributed by atoms with Crippen molar-refractivity contribution >= 4 is 23.0 Å². The molecule has 1 aromatic rings. The van der Waals surface area contributed by atoms with Crippen molar-refractivity contribution in [1.82, 2.24) is 10.2 Å². The van der Waals surface area contributed by atoms with Gasteiger partial charge in [0, 0.05) is 30.4 Å². The zero-order valence-electron chi connectivity index (χ0n) is 16.1. The Morgan fingerprint density at radius 1 is 1.20 bits per heavy atom. The molecule has 0 aromatic heterocycles. The Hall–Kier alpha value is -1.13. The van der Waals surface area contributed by atoms with Gasteiger partial charge >= 0.3 is 0 Å². The number of hydrogen-bond donors (Lipinski definition) is 2. The minimum absolute atomic E-state index is 0.504. The van der Waals surface area contributed by atoms with Crippen LogP contribution >= 0.6 is 12.2 Å². The molecule has 3 rings (SSSR count). The number of thiocarbonyl (C=S) groups is 1. The summed E-state index contributed by atoms with van der Waals surface area (Å²) in [6, 6.07) is 8.30. The summed E-state index contributed by atoms with van der Waals surface area (Å²) >= 11 is 5.61. The third-order valence-electron chi connectivity index (χ3n) is 5.89. The summed E-state index contributed by atoms with van der Waals surface area (Å²) in [4.78, 5) is 2.79. The van der Waals surface area contributed by atoms with Crippen LogP contribution in [-0.2, 0) is 0 Å². The number of nitrogens with zero attached hydrogens (tertiary/aromatic N) is 1. The van der Waals surface area contributed by atoms with Crippen molar-refractivity contribution < 1.29 is 0 Å². The van der Waals surface area contributed by atoms with Gasteiger partial charge in [0.25, 0.3) is 0 Å². The van der Waals surface area contributed by atoms with Crippen molar-refractivity contribution in [3.8, 4) is 0 Å². The summed E-state index contributed by atoms with van der Waals surface area (Å²) in [5.41, 5.74) is 3.69. The highest BCUT2D eigenvalue weighted by Crippen LogP contribution is 2.34. The molecular formula is C21H33N3S. The summed E-state index contributed by atoms with van der Waals surface area (Å²) < 4.78 is 0. The van der Waals surface area contributed by atoms with Gasteiger partial charge < -0.3 is 10.6 Å². The number of piperidine rings is 2. The molecule has 3 nitrogen and oxygen atoms in total. The number of benzene rings is 1. The van der Waals surface area contributed by atoms with Crippen LogP contribution in [0, 0.1) is 19.8 Å². The van der Waals surface area contributed by atoms with Gasteiger partial charge in [-0.25, -0.2) is 0 Å². The van der Waals surface area contributed by atoms with Crippen LogP contribution in [0.1, 0.15) is 57.1 Å². The number of rotatable bonds is 4. The van der Waals surface area contributed by atoms with Gasteiger partial charge in [-0.15, -0.1) is 0 Å². The molecule has 2 N–H and O–H groups in total. The SMILES string of the molecule is Cc1cccc(NC(=S)NC2C[C@@H]3CCC[C@@H](C2)N3CC(C)C)c1C. The van der Waals surface area contributed by atoms with E-state index in [0.717, 1.165) is 28.8 Å². The van der Waals surface area contributed by atoms with Crippen molar-refractivity contribution in [3.05, 3.63) is 29.3 Å². The first kappa shape index (κ1) is 18.7. The van der Waals surface area contributed by atoms with Crippen LogP contribution < -0.4 is 10.6 Å². The van der Waals surface area contributed by atoms with Crippen molar-refractivity contribution in [1.29, 1.82) is 0 Å². The van der Waals surface area contributed by atoms with Gasteiger partial charge in [0.2, 0.25) is 0 Å². The second-order valence-corrected chi connectivity index (χ2v) is 8.75. The Balaban J connectivity index is 1.59. The van der Waals surface area contributed by atoms with E-state index in [2.05, 4.69) is 61.4 Å². The molecule has 2 heterocycles. The molecule has 0 amide bonds. The second kappa shape index (κ2) is 8.05. The first-order chi connectivity index (χ1) is 11.9. The fraction of sp³-hybridized carbons (Fsp3) is 0.667. The van der Waals surface area contributed by atoms with E-state index in [1.54, 1.807) is 0 Å². The molecule has 1 aromatic carbocycles. The summed E-state index contributed by atoms with van der Waals surface area (Å²) in [5.74, 6) is 0.750. The highest BCUT2D eigenvalue weighted by Gasteiger charge is 2.38. The van der Waals surface area contributed by atoms with Crippen molar-refractivity contribution in [2.24, 2.45) is 5.92 Å². The lowest BCUT2D eigenvalue weighted by atomic mass is 9.81. The molecule has 138 valence electrons. The summed E-state index contributed by atoms with van der Waals surface area (Å²) in [5, 5.41) is 7.80. The van der Waals surface area contributed by atoms with E-state index in [9.17, 15) is 0 Å². The minimum Gasteiger partial charge on any atom is -0.360 e. The molecule has 2 fully saturated rings. The zero-order chi connectivity index (χ0) is 18.0. The van der Waals surface area contributed by atoms with E-state index in [1.165, 1.54) is 49.8 Å². The maximum absolute atomic E-state index is 5.61. The Morgan fingerprint density at radius 2 is 1.88 bits per heavy atom. The molecule has 25 heavy (non-hydrogen) atoms. The number of fused-ring (bicyclic) bond motifs is 2. The molecule has 0 radical (unpaired) electrons. The van der Waals surface area contributed by atoms with Crippen molar-refractivity contribution in [2.45, 2.75) is 77.9 Å². The van der Waals surface area contributed by atoms with Crippen molar-refractivity contribution in [2.75, 3.05) is 11.9 Å². The van der Waals surface area contributed by atoms with E-state index in [1.807, 2.05) is 0 Å². The van der Waals surface area contributed by atoms with Gasteiger partial charge in [-0.2, -0.15) is 0 Å². The molecule has 0 saturated carbocycles. The van der Waals surface area contributed by atoms with Gasteiger partial charge in [-0.3, -0.25) is 4.90 Å². The largest absolute Gasteiger partial charge is 0.360 e. The first-order valence-electron chi connectivity index (χ1n) is 9.83. The molecule has 0 unspecified atom stereocenters. The number of anilines is 1. The van der Waals surface area contributed by atoms with Crippen molar-refractivity contribution in [3.63, 3.8) is 0 Å². The second-order valence-electron chi connectivity index (χ2n) is 8.34. The van der Waals surface area contributed by atoms with Gasteiger partial charge in [-0.05, 0) is 74.9 Å². The minimum atomic E-state index is 0.504. The van der Waals surface area contributed by atoms with Crippen LogP contribution in [0.15, 0.2) is 18.2 Å². The van der Waals surface area contributed by atoms with Crippen LogP contribution in [0.3, 0.4) is 0 Å². The Labute approximate surface area is 158 Å². The first-order valence-corrected chi connectivity index (χ1v) is 10.2. The maximum Gasteiger partial charge on any atom is 0.171 e. The lowest BCUT2D eigenvalue weighted by Crippen LogP contribution is -2.58. The van der Waals surface area contributed by atoms with Gasteiger partial charge in [0.05, 0.1) is 0 Å². The topological polar surface area (TPSA) is 27.3 Å². The quantitative estimate of drug-likeness (QED) is 0.767. The normalized spacial score (nSPS) is 26.5. The molecule has 0 aliphatic carbocycles. The third kappa shape index (κ3) is 4.53. The molecular weight excluding hydrogens is 326 g/mol. The molecule has 4 heteroatoms. The lowest BCUT2D eigenvalue weighted by Gasteiger charge is -2.49. The zero-order valence-corrected chi connectivity index (χ0v) is 17.0. The monoisotopic (exact) mass is 359 g/mol. The van der Waals surface area contributed by atoms with E-state index in [0.29, 0.717) is 6.04 Å². The predicted octanol–water partition coefficient (Wildman–Crippen LogP) is 4.63. The van der Waals surface area contributed by atoms with Gasteiger partial charge in [-0.1, -0.05) is 32.4 Å². The molecule has 2 aliphatic heterocycles. The summed E-state index contributed by atoms with van der Waals surface area (Å²) in [7, 11) is 0. The molecule has 2 saturated heterocycles. The van der Waals surface area contributed by atoms with Crippen LogP contribution in [0.25, 0.3) is 0 Å². The van der Waals surface area contributed by atoms with Crippen LogP contribution in [0.4, 0.5) is 5.69 Å². The fourth-order valence-corrected chi connectivity index (χ4v) is 4.82. The van der Waals surface area contributed by atoms with Crippen LogP contribution in [0.5, 0.6) is 0 Å². The average Bonchev–Trinajstić information content (AvgIpc) is 2.52. The molecule has 2 aliphatic rings. The highest BCUT2D eigenvalue weighted by molar-refractivity contribution is 7.80. The average molecular weight is 360 g/mol. The maximum atomic E-state index is 5.61. The van der Waals surface area contributed by atoms with E-state index in [-0.39, 0.29) is 0 Å². The third-order valence-corrected chi connectivity index (χ3v) is 6.11. The lowest BCUT2D eigenvalue weighted by molar-refractivity contribution is 0.0191. The summed E-state index contributed by atoms with van der Waals surface area (Å²) in [6.07, 6.45) is 6.52. The Morgan fingerprint density at radius 3 is 2.52 bits per heavy atom. The molecule has 2 bridgehead atoms. The van der Waals surface area contributed by atoms with E-state index >= 15 is 0 Å². The van der Waals surface area contributed by atoms with Gasteiger partial charge in [0.1, 0.15) is 0 Å². The highest BCUT2D eigenvalue weighted by atomic mass is 32.1. The van der Waals surface area contributed by atoms with E-state index < -0.39 is 0 Å². The predicted molar refractivity (Wildman–Crippen MR) is 111 cm³/mol. The van der Waals surface area contributed by atoms with E-state index in [4.69, 9.17) is 12.2 Å². The Kier molecular flexibility index (Phi) is 6.00. The number of hydrogen-bond acceptors (Lipinski definition) is 2. The van der Waals surface area contributed by atoms with Crippen LogP contribution in [-0.4, -0.2) is 34.7 Å². The fourth-order valence-electron chi connectivity index (χ4n) is 4.55. The van der Waals surface area contributed by atoms with Crippen LogP contribution in [0.2, 0.25) is 0 Å². The number of aryl methyl sites for hydroxylation is 1. The Bertz CT molecular complexity index is 599. The smallest absolute Gasteiger partial charge is 0.171 e. The standard InChI is InChI=1S/C21H33N3S/c1-14(2)13-24-18-8-6-9-19(24)12-17(11-18)22-21(25)23-20-10-5-7-15(3)16(20)4/h5,7,10,14,17-19H,6,8-9,11-13H2,1-4H3,(H2,22,23,25)/t18-,19-/m0/s1. The van der Waals surface area contributed by atoms with Gasteiger partial charge in [0.15, 0.2) is 5.11 Å². The summed E-state index contributed by atoms with van der Waals surface area (Å²) in [6.45, 7) is 10.2. The molecule has 2 atom stereocenters. The molecule has 0 spiro atoms. The number of nitrogens with one attached hydrogen (secondary N) is 2.